The van der Waals surface area contributed by atoms with Crippen molar-refractivity contribution in [1.29, 1.82) is 0 Å². The molecule has 0 N–H and O–H groups in total. The summed E-state index contributed by atoms with van der Waals surface area (Å²) in [6.07, 6.45) is 14.5. The van der Waals surface area contributed by atoms with Crippen molar-refractivity contribution in [3.8, 4) is 0 Å². The molecule has 3 nitrogen and oxygen atoms in total. The van der Waals surface area contributed by atoms with Crippen LogP contribution in [0.25, 0.3) is 0 Å². The Labute approximate surface area is 183 Å². The van der Waals surface area contributed by atoms with E-state index in [0.717, 1.165) is 24.8 Å². The van der Waals surface area contributed by atoms with Crippen molar-refractivity contribution in [2.75, 3.05) is 0 Å². The van der Waals surface area contributed by atoms with Gasteiger partial charge in [-0.15, -0.1) is 0 Å². The Kier molecular flexibility index (Phi) is 11.2. The number of esters is 1. The Balaban J connectivity index is 1.86. The average molecular weight is 410 g/mol. The molecule has 0 amide bonds. The normalized spacial score (nSPS) is 12.0. The lowest BCUT2D eigenvalue weighted by molar-refractivity contribution is 0.0281. The van der Waals surface area contributed by atoms with Gasteiger partial charge in [-0.1, -0.05) is 89.6 Å². The van der Waals surface area contributed by atoms with Crippen LogP contribution in [0.3, 0.4) is 0 Å². The minimum absolute atomic E-state index is 0.234. The van der Waals surface area contributed by atoms with Crippen molar-refractivity contribution in [2.24, 2.45) is 0 Å². The molecule has 0 saturated heterocycles. The second kappa shape index (κ2) is 14.0. The Bertz CT molecular complexity index is 722. The molecule has 1 aromatic carbocycles. The van der Waals surface area contributed by atoms with Crippen molar-refractivity contribution >= 4 is 5.97 Å². The molecule has 1 aromatic heterocycles. The predicted molar refractivity (Wildman–Crippen MR) is 125 cm³/mol. The first-order chi connectivity index (χ1) is 14.7. The largest absolute Gasteiger partial charge is 0.453 e. The van der Waals surface area contributed by atoms with Crippen molar-refractivity contribution < 1.29 is 9.53 Å². The number of rotatable bonds is 14. The Morgan fingerprint density at radius 3 is 2.03 bits per heavy atom. The molecule has 30 heavy (non-hydrogen) atoms. The maximum atomic E-state index is 12.6. The number of carbonyl (C=O) groups excluding carboxylic acids is 1. The van der Waals surface area contributed by atoms with Gasteiger partial charge in [-0.2, -0.15) is 0 Å². The van der Waals surface area contributed by atoms with Gasteiger partial charge in [-0.05, 0) is 54.9 Å². The zero-order chi connectivity index (χ0) is 21.6. The Morgan fingerprint density at radius 1 is 0.800 bits per heavy atom. The van der Waals surface area contributed by atoms with E-state index in [1.807, 2.05) is 19.2 Å². The van der Waals surface area contributed by atoms with E-state index < -0.39 is 0 Å². The first-order valence-electron chi connectivity index (χ1n) is 11.9. The van der Waals surface area contributed by atoms with E-state index in [0.29, 0.717) is 5.69 Å². The topological polar surface area (TPSA) is 39.2 Å². The van der Waals surface area contributed by atoms with Crippen LogP contribution in [0.2, 0.25) is 0 Å². The highest BCUT2D eigenvalue weighted by Gasteiger charge is 2.17. The van der Waals surface area contributed by atoms with Crippen LogP contribution in [0.5, 0.6) is 0 Å². The van der Waals surface area contributed by atoms with Gasteiger partial charge in [0.05, 0.1) is 0 Å². The minimum Gasteiger partial charge on any atom is -0.453 e. The van der Waals surface area contributed by atoms with E-state index in [9.17, 15) is 4.79 Å². The summed E-state index contributed by atoms with van der Waals surface area (Å²) in [5.74, 6) is -0.344. The molecule has 2 aromatic rings. The van der Waals surface area contributed by atoms with Crippen LogP contribution in [-0.2, 0) is 17.6 Å². The van der Waals surface area contributed by atoms with Gasteiger partial charge in [-0.25, -0.2) is 9.78 Å². The molecule has 0 spiro atoms. The zero-order valence-corrected chi connectivity index (χ0v) is 19.2. The number of nitrogens with zero attached hydrogens (tertiary/aromatic N) is 1. The number of aryl methyl sites for hydroxylation is 2. The zero-order valence-electron chi connectivity index (χ0n) is 19.2. The highest BCUT2D eigenvalue weighted by molar-refractivity contribution is 5.87. The van der Waals surface area contributed by atoms with Gasteiger partial charge in [0.15, 0.2) is 0 Å². The maximum absolute atomic E-state index is 12.6. The molecule has 164 valence electrons. The fraction of sp³-hybridized carbons (Fsp3) is 0.556. The van der Waals surface area contributed by atoms with Gasteiger partial charge in [0.1, 0.15) is 11.8 Å². The molecule has 1 unspecified atom stereocenters. The number of pyridine rings is 1. The Morgan fingerprint density at radius 2 is 1.40 bits per heavy atom. The van der Waals surface area contributed by atoms with Crippen molar-refractivity contribution in [1.82, 2.24) is 4.98 Å². The lowest BCUT2D eigenvalue weighted by Crippen LogP contribution is -2.12. The summed E-state index contributed by atoms with van der Waals surface area (Å²) in [6, 6.07) is 12.3. The molecule has 3 heteroatoms. The molecule has 0 fully saturated rings. The van der Waals surface area contributed by atoms with E-state index in [2.05, 4.69) is 43.1 Å². The number of aromatic nitrogens is 1. The summed E-state index contributed by atoms with van der Waals surface area (Å²) in [5.41, 5.74) is 3.97. The standard InChI is InChI=1S/C27H39NO2/c1-4-7-9-10-12-14-23-17-20-25(28-21-23)27(29)30-26(6-3)24-18-15-22(16-19-24)13-11-8-5-2/h15-21,26H,4-14H2,1-3H3. The van der Waals surface area contributed by atoms with Crippen molar-refractivity contribution in [3.63, 3.8) is 0 Å². The van der Waals surface area contributed by atoms with E-state index in [-0.39, 0.29) is 12.1 Å². The number of unbranched alkanes of at least 4 members (excludes halogenated alkanes) is 6. The number of benzene rings is 1. The van der Waals surface area contributed by atoms with E-state index in [4.69, 9.17) is 4.74 Å². The molecule has 0 bridgehead atoms. The second-order valence-corrected chi connectivity index (χ2v) is 8.22. The third-order valence-electron chi connectivity index (χ3n) is 5.64. The molecule has 0 aliphatic rings. The maximum Gasteiger partial charge on any atom is 0.357 e. The molecular weight excluding hydrogens is 370 g/mol. The predicted octanol–water partition coefficient (Wildman–Crippen LogP) is 7.64. The first kappa shape index (κ1) is 24.1. The molecule has 0 radical (unpaired) electrons. The number of carbonyl (C=O) groups is 1. The number of hydrogen-bond acceptors (Lipinski definition) is 3. The van der Waals surface area contributed by atoms with Crippen LogP contribution < -0.4 is 0 Å². The highest BCUT2D eigenvalue weighted by Crippen LogP contribution is 2.23. The molecule has 0 saturated carbocycles. The van der Waals surface area contributed by atoms with Crippen LogP contribution in [0.1, 0.15) is 112 Å². The third kappa shape index (κ3) is 8.30. The number of ether oxygens (including phenoxy) is 1. The van der Waals surface area contributed by atoms with Gasteiger partial charge < -0.3 is 4.74 Å². The third-order valence-corrected chi connectivity index (χ3v) is 5.64. The molecule has 0 aliphatic carbocycles. The summed E-state index contributed by atoms with van der Waals surface area (Å²) >= 11 is 0. The van der Waals surface area contributed by atoms with Crippen molar-refractivity contribution in [2.45, 2.75) is 97.5 Å². The molecule has 2 rings (SSSR count). The fourth-order valence-corrected chi connectivity index (χ4v) is 3.68. The summed E-state index contributed by atoms with van der Waals surface area (Å²) in [6.45, 7) is 6.50. The first-order valence-corrected chi connectivity index (χ1v) is 11.9. The Hall–Kier alpha value is -2.16. The summed E-state index contributed by atoms with van der Waals surface area (Å²) in [4.78, 5) is 16.9. The van der Waals surface area contributed by atoms with Gasteiger partial charge in [-0.3, -0.25) is 0 Å². The van der Waals surface area contributed by atoms with Gasteiger partial charge >= 0.3 is 5.97 Å². The van der Waals surface area contributed by atoms with Crippen LogP contribution in [0.15, 0.2) is 42.6 Å². The van der Waals surface area contributed by atoms with Crippen LogP contribution in [0, 0.1) is 0 Å². The van der Waals surface area contributed by atoms with Gasteiger partial charge in [0.2, 0.25) is 0 Å². The lowest BCUT2D eigenvalue weighted by Gasteiger charge is -2.17. The van der Waals surface area contributed by atoms with Crippen LogP contribution in [0.4, 0.5) is 0 Å². The minimum atomic E-state index is -0.344. The average Bonchev–Trinajstić information content (AvgIpc) is 2.78. The molecular formula is C27H39NO2. The smallest absolute Gasteiger partial charge is 0.357 e. The number of hydrogen-bond donors (Lipinski definition) is 0. The summed E-state index contributed by atoms with van der Waals surface area (Å²) in [5, 5.41) is 0. The van der Waals surface area contributed by atoms with E-state index >= 15 is 0 Å². The molecule has 0 aliphatic heterocycles. The van der Waals surface area contributed by atoms with Crippen LogP contribution in [-0.4, -0.2) is 11.0 Å². The van der Waals surface area contributed by atoms with Gasteiger partial charge in [0, 0.05) is 6.20 Å². The van der Waals surface area contributed by atoms with Crippen LogP contribution >= 0.6 is 0 Å². The SMILES string of the molecule is CCCCCCCc1ccc(C(=O)OC(CC)c2ccc(CCCCC)cc2)nc1. The monoisotopic (exact) mass is 409 g/mol. The highest BCUT2D eigenvalue weighted by atomic mass is 16.5. The quantitative estimate of drug-likeness (QED) is 0.238. The van der Waals surface area contributed by atoms with Gasteiger partial charge in [0.25, 0.3) is 0 Å². The van der Waals surface area contributed by atoms with E-state index in [1.165, 1.54) is 62.5 Å². The van der Waals surface area contributed by atoms with E-state index in [1.54, 1.807) is 6.07 Å². The fourth-order valence-electron chi connectivity index (χ4n) is 3.68. The lowest BCUT2D eigenvalue weighted by atomic mass is 10.0. The summed E-state index contributed by atoms with van der Waals surface area (Å²) < 4.78 is 5.77. The molecule has 1 atom stereocenters. The molecule has 1 heterocycles. The van der Waals surface area contributed by atoms with Crippen molar-refractivity contribution in [3.05, 3.63) is 65.0 Å². The summed E-state index contributed by atoms with van der Waals surface area (Å²) in [7, 11) is 0. The second-order valence-electron chi connectivity index (χ2n) is 8.22.